The van der Waals surface area contributed by atoms with Crippen molar-refractivity contribution in [2.45, 2.75) is 38.3 Å². The molecule has 2 atom stereocenters. The molecule has 0 spiro atoms. The van der Waals surface area contributed by atoms with E-state index in [0.717, 1.165) is 33.2 Å². The van der Waals surface area contributed by atoms with Crippen molar-refractivity contribution >= 4 is 10.0 Å². The summed E-state index contributed by atoms with van der Waals surface area (Å²) in [4.78, 5) is 0. The minimum Gasteiger partial charge on any atom is -0.237 e. The molecule has 0 saturated heterocycles. The molecule has 0 fully saturated rings. The van der Waals surface area contributed by atoms with Crippen LogP contribution in [0.4, 0.5) is 17.6 Å². The van der Waals surface area contributed by atoms with Crippen molar-refractivity contribution in [3.05, 3.63) is 58.7 Å². The quantitative estimate of drug-likeness (QED) is 0.500. The van der Waals surface area contributed by atoms with Gasteiger partial charge in [0.1, 0.15) is 5.82 Å². The normalized spacial score (nSPS) is 21.5. The van der Waals surface area contributed by atoms with Crippen LogP contribution in [0.25, 0.3) is 5.69 Å². The first kappa shape index (κ1) is 22.0. The van der Waals surface area contributed by atoms with Crippen LogP contribution in [0.2, 0.25) is 0 Å². The third-order valence-electron chi connectivity index (χ3n) is 6.23. The molecular formula is C21H23F4N3O2S. The zero-order chi connectivity index (χ0) is 22.6. The largest absolute Gasteiger partial charge is 0.404 e. The molecule has 31 heavy (non-hydrogen) atoms. The summed E-state index contributed by atoms with van der Waals surface area (Å²) in [7, 11) is -3.20. The predicted octanol–water partition coefficient (Wildman–Crippen LogP) is 4.20. The highest BCUT2D eigenvalue weighted by Crippen LogP contribution is 2.47. The van der Waals surface area contributed by atoms with E-state index >= 15 is 0 Å². The lowest BCUT2D eigenvalue weighted by atomic mass is 9.80. The second-order valence-electron chi connectivity index (χ2n) is 8.28. The molecule has 168 valence electrons. The Bertz CT molecular complexity index is 1120. The zero-order valence-electron chi connectivity index (χ0n) is 17.2. The number of halogens is 4. The molecule has 0 aliphatic heterocycles. The van der Waals surface area contributed by atoms with Crippen molar-refractivity contribution in [2.24, 2.45) is 5.92 Å². The van der Waals surface area contributed by atoms with Gasteiger partial charge in [-0.3, -0.25) is 0 Å². The Labute approximate surface area is 178 Å². The number of hydrogen-bond donors (Lipinski definition) is 0. The molecule has 2 aliphatic carbocycles. The average molecular weight is 457 g/mol. The maximum Gasteiger partial charge on any atom is 0.404 e. The van der Waals surface area contributed by atoms with Crippen molar-refractivity contribution < 1.29 is 26.0 Å². The maximum atomic E-state index is 13.3. The van der Waals surface area contributed by atoms with Gasteiger partial charge >= 0.3 is 6.18 Å². The van der Waals surface area contributed by atoms with Crippen molar-refractivity contribution in [3.63, 3.8) is 0 Å². The number of sulfonamides is 1. The van der Waals surface area contributed by atoms with E-state index < -0.39 is 22.0 Å². The standard InChI is InChI=1S/C21H23F4N3O2S/c1-13-18-10-26-28(17-7-5-16(22)6-8-17)19(18)9-14-3-4-15(20(13)14)11-27(2)31(29,30)12-21(23,24)25/h5-8,10,13,15H,3-4,9,11-12H2,1-2H3/t13-,15+/m0/s1. The highest BCUT2D eigenvalue weighted by Gasteiger charge is 2.40. The van der Waals surface area contributed by atoms with Crippen LogP contribution < -0.4 is 0 Å². The highest BCUT2D eigenvalue weighted by molar-refractivity contribution is 7.89. The van der Waals surface area contributed by atoms with Gasteiger partial charge in [0.25, 0.3) is 0 Å². The number of hydrogen-bond acceptors (Lipinski definition) is 3. The number of rotatable bonds is 5. The smallest absolute Gasteiger partial charge is 0.237 e. The molecule has 0 saturated carbocycles. The van der Waals surface area contributed by atoms with E-state index in [1.54, 1.807) is 23.0 Å². The van der Waals surface area contributed by atoms with E-state index in [4.69, 9.17) is 0 Å². The van der Waals surface area contributed by atoms with Gasteiger partial charge in [-0.05, 0) is 43.0 Å². The van der Waals surface area contributed by atoms with Gasteiger partial charge in [0.05, 0.1) is 17.6 Å². The number of benzene rings is 1. The Morgan fingerprint density at radius 2 is 1.90 bits per heavy atom. The lowest BCUT2D eigenvalue weighted by Crippen LogP contribution is -2.38. The fourth-order valence-electron chi connectivity index (χ4n) is 4.82. The lowest BCUT2D eigenvalue weighted by molar-refractivity contribution is -0.107. The maximum absolute atomic E-state index is 13.3. The van der Waals surface area contributed by atoms with Crippen molar-refractivity contribution in [3.8, 4) is 5.69 Å². The first-order valence-electron chi connectivity index (χ1n) is 10.0. The first-order chi connectivity index (χ1) is 14.5. The summed E-state index contributed by atoms with van der Waals surface area (Å²) in [5, 5.41) is 4.48. The average Bonchev–Trinajstić information content (AvgIpc) is 3.26. The van der Waals surface area contributed by atoms with Crippen LogP contribution in [0.3, 0.4) is 0 Å². The molecule has 10 heteroatoms. The molecule has 0 N–H and O–H groups in total. The molecule has 5 nitrogen and oxygen atoms in total. The topological polar surface area (TPSA) is 55.2 Å². The van der Waals surface area contributed by atoms with Crippen LogP contribution in [0.15, 0.2) is 41.6 Å². The summed E-state index contributed by atoms with van der Waals surface area (Å²) in [5.41, 5.74) is 5.08. The van der Waals surface area contributed by atoms with Crippen molar-refractivity contribution in [1.82, 2.24) is 14.1 Å². The minimum absolute atomic E-state index is 0.0147. The fraction of sp³-hybridized carbons (Fsp3) is 0.476. The molecule has 0 amide bonds. The van der Waals surface area contributed by atoms with Crippen LogP contribution >= 0.6 is 0 Å². The fourth-order valence-corrected chi connectivity index (χ4v) is 5.86. The summed E-state index contributed by atoms with van der Waals surface area (Å²) in [6.45, 7) is 2.05. The zero-order valence-corrected chi connectivity index (χ0v) is 18.0. The van der Waals surface area contributed by atoms with Gasteiger partial charge in [0.15, 0.2) is 5.75 Å². The molecule has 1 aromatic heterocycles. The van der Waals surface area contributed by atoms with Gasteiger partial charge in [0, 0.05) is 31.5 Å². The summed E-state index contributed by atoms with van der Waals surface area (Å²) >= 11 is 0. The SMILES string of the molecule is C[C@@H]1C2=C(CC[C@@H]2CN(C)S(=O)(=O)CC(F)(F)F)Cc2c1cnn2-c1ccc(F)cc1. The number of alkyl halides is 3. The van der Waals surface area contributed by atoms with Gasteiger partial charge in [-0.1, -0.05) is 18.1 Å². The van der Waals surface area contributed by atoms with E-state index in [1.807, 2.05) is 6.92 Å². The van der Waals surface area contributed by atoms with E-state index in [2.05, 4.69) is 5.10 Å². The Kier molecular flexibility index (Phi) is 5.49. The van der Waals surface area contributed by atoms with Gasteiger partial charge in [-0.15, -0.1) is 0 Å². The van der Waals surface area contributed by atoms with Crippen LogP contribution in [-0.2, 0) is 16.4 Å². The molecule has 2 aromatic rings. The molecule has 1 aromatic carbocycles. The molecule has 0 unspecified atom stereocenters. The molecular weight excluding hydrogens is 434 g/mol. The van der Waals surface area contributed by atoms with Crippen molar-refractivity contribution in [1.29, 1.82) is 0 Å². The summed E-state index contributed by atoms with van der Waals surface area (Å²) in [6.07, 6.45) is -0.885. The van der Waals surface area contributed by atoms with E-state index in [-0.39, 0.29) is 24.2 Å². The summed E-state index contributed by atoms with van der Waals surface area (Å²) in [6, 6.07) is 6.08. The third-order valence-corrected chi connectivity index (χ3v) is 8.02. The molecule has 0 bridgehead atoms. The molecule has 2 aliphatic rings. The van der Waals surface area contributed by atoms with Gasteiger partial charge in [0.2, 0.25) is 10.0 Å². The van der Waals surface area contributed by atoms with E-state index in [9.17, 15) is 26.0 Å². The van der Waals surface area contributed by atoms with Gasteiger partial charge in [-0.25, -0.2) is 21.8 Å². The number of allylic oxidation sites excluding steroid dienone is 1. The van der Waals surface area contributed by atoms with Crippen LogP contribution in [0.1, 0.15) is 36.9 Å². The Morgan fingerprint density at radius 3 is 2.55 bits per heavy atom. The van der Waals surface area contributed by atoms with E-state index in [1.165, 1.54) is 24.8 Å². The summed E-state index contributed by atoms with van der Waals surface area (Å²) < 4.78 is 78.1. The van der Waals surface area contributed by atoms with Gasteiger partial charge in [-0.2, -0.15) is 18.3 Å². The second kappa shape index (κ2) is 7.74. The predicted molar refractivity (Wildman–Crippen MR) is 108 cm³/mol. The highest BCUT2D eigenvalue weighted by atomic mass is 32.2. The Balaban J connectivity index is 1.57. The van der Waals surface area contributed by atoms with Crippen LogP contribution in [0, 0.1) is 11.7 Å². The third kappa shape index (κ3) is 4.27. The number of nitrogens with zero attached hydrogens (tertiary/aromatic N) is 3. The Morgan fingerprint density at radius 1 is 1.23 bits per heavy atom. The summed E-state index contributed by atoms with van der Waals surface area (Å²) in [5.74, 6) is -2.31. The first-order valence-corrected chi connectivity index (χ1v) is 11.6. The molecule has 1 heterocycles. The van der Waals surface area contributed by atoms with E-state index in [0.29, 0.717) is 12.8 Å². The Hall–Kier alpha value is -2.20. The number of fused-ring (bicyclic) bond motifs is 1. The van der Waals surface area contributed by atoms with Crippen LogP contribution in [0.5, 0.6) is 0 Å². The van der Waals surface area contributed by atoms with Gasteiger partial charge < -0.3 is 0 Å². The number of aromatic nitrogens is 2. The second-order valence-corrected chi connectivity index (χ2v) is 10.4. The van der Waals surface area contributed by atoms with Crippen molar-refractivity contribution in [2.75, 3.05) is 19.3 Å². The van der Waals surface area contributed by atoms with Crippen LogP contribution in [-0.4, -0.2) is 48.0 Å². The molecule has 0 radical (unpaired) electrons. The lowest BCUT2D eigenvalue weighted by Gasteiger charge is -2.29. The monoisotopic (exact) mass is 457 g/mol. The molecule has 4 rings (SSSR count). The minimum atomic E-state index is -4.77.